The van der Waals surface area contributed by atoms with Crippen molar-refractivity contribution in [3.8, 4) is 21.9 Å². The molecule has 1 N–H and O–H groups in total. The molecule has 0 aliphatic heterocycles. The van der Waals surface area contributed by atoms with E-state index in [1.807, 2.05) is 48.7 Å². The number of hydrogen-bond donors (Lipinski definition) is 1. The van der Waals surface area contributed by atoms with Gasteiger partial charge in [-0.25, -0.2) is 4.98 Å². The van der Waals surface area contributed by atoms with Crippen molar-refractivity contribution in [2.24, 2.45) is 0 Å². The van der Waals surface area contributed by atoms with Gasteiger partial charge < -0.3 is 9.73 Å². The van der Waals surface area contributed by atoms with Crippen LogP contribution in [-0.2, 0) is 6.54 Å². The fourth-order valence-electron chi connectivity index (χ4n) is 2.52. The fourth-order valence-corrected chi connectivity index (χ4v) is 3.33. The van der Waals surface area contributed by atoms with E-state index >= 15 is 0 Å². The van der Waals surface area contributed by atoms with E-state index in [1.54, 1.807) is 22.5 Å². The first kappa shape index (κ1) is 16.3. The second-order valence-corrected chi connectivity index (χ2v) is 6.49. The Hall–Kier alpha value is -3.19. The van der Waals surface area contributed by atoms with Crippen LogP contribution >= 0.6 is 11.3 Å². The maximum absolute atomic E-state index is 12.3. The molecule has 7 heteroatoms. The molecule has 1 amide bonds. The summed E-state index contributed by atoms with van der Waals surface area (Å²) < 4.78 is 7.11. The molecule has 130 valence electrons. The number of furan rings is 1. The zero-order valence-electron chi connectivity index (χ0n) is 13.8. The van der Waals surface area contributed by atoms with E-state index in [4.69, 9.17) is 4.42 Å². The van der Waals surface area contributed by atoms with Gasteiger partial charge >= 0.3 is 0 Å². The number of carbonyl (C=O) groups excluding carboxylic acids is 1. The molecule has 4 aromatic rings. The summed E-state index contributed by atoms with van der Waals surface area (Å²) in [5, 5.41) is 9.77. The number of benzene rings is 1. The van der Waals surface area contributed by atoms with Crippen molar-refractivity contribution in [1.29, 1.82) is 0 Å². The van der Waals surface area contributed by atoms with Crippen molar-refractivity contribution in [3.63, 3.8) is 0 Å². The van der Waals surface area contributed by atoms with Crippen LogP contribution in [0.5, 0.6) is 0 Å². The highest BCUT2D eigenvalue weighted by atomic mass is 32.1. The van der Waals surface area contributed by atoms with Gasteiger partial charge in [0.05, 0.1) is 24.6 Å². The standard InChI is InChI=1S/C19H16N4O2S/c24-18(16-13-26-19(22-16)14-5-2-1-3-6-14)20-8-9-23-12-15(11-21-23)17-7-4-10-25-17/h1-7,10-13H,8-9H2,(H,20,24). The Labute approximate surface area is 154 Å². The van der Waals surface area contributed by atoms with Gasteiger partial charge in [-0.3, -0.25) is 9.48 Å². The van der Waals surface area contributed by atoms with Crippen LogP contribution in [0.15, 0.2) is 70.9 Å². The Kier molecular flexibility index (Phi) is 4.61. The molecule has 0 bridgehead atoms. The molecule has 0 fully saturated rings. The fraction of sp³-hybridized carbons (Fsp3) is 0.105. The Morgan fingerprint density at radius 3 is 2.85 bits per heavy atom. The second kappa shape index (κ2) is 7.37. The van der Waals surface area contributed by atoms with E-state index in [9.17, 15) is 4.79 Å². The van der Waals surface area contributed by atoms with Gasteiger partial charge in [0.25, 0.3) is 5.91 Å². The van der Waals surface area contributed by atoms with Crippen molar-refractivity contribution < 1.29 is 9.21 Å². The highest BCUT2D eigenvalue weighted by Crippen LogP contribution is 2.23. The van der Waals surface area contributed by atoms with Gasteiger partial charge in [-0.05, 0) is 12.1 Å². The van der Waals surface area contributed by atoms with Crippen molar-refractivity contribution >= 4 is 17.2 Å². The normalized spacial score (nSPS) is 10.8. The lowest BCUT2D eigenvalue weighted by Gasteiger charge is -2.03. The topological polar surface area (TPSA) is 73.0 Å². The quantitative estimate of drug-likeness (QED) is 0.566. The first-order valence-electron chi connectivity index (χ1n) is 8.15. The number of amides is 1. The van der Waals surface area contributed by atoms with Gasteiger partial charge in [0.15, 0.2) is 0 Å². The van der Waals surface area contributed by atoms with Gasteiger partial charge in [-0.15, -0.1) is 11.3 Å². The van der Waals surface area contributed by atoms with E-state index in [2.05, 4.69) is 15.4 Å². The number of nitrogens with zero attached hydrogens (tertiary/aromatic N) is 3. The van der Waals surface area contributed by atoms with Crippen LogP contribution in [0.25, 0.3) is 21.9 Å². The van der Waals surface area contributed by atoms with E-state index in [0.29, 0.717) is 18.8 Å². The third-order valence-corrected chi connectivity index (χ3v) is 4.71. The minimum absolute atomic E-state index is 0.179. The lowest BCUT2D eigenvalue weighted by molar-refractivity contribution is 0.0947. The monoisotopic (exact) mass is 364 g/mol. The van der Waals surface area contributed by atoms with Gasteiger partial charge in [-0.2, -0.15) is 5.10 Å². The van der Waals surface area contributed by atoms with Crippen molar-refractivity contribution in [1.82, 2.24) is 20.1 Å². The zero-order chi connectivity index (χ0) is 17.8. The highest BCUT2D eigenvalue weighted by molar-refractivity contribution is 7.13. The molecule has 0 spiro atoms. The Balaban J connectivity index is 1.33. The van der Waals surface area contributed by atoms with Gasteiger partial charge in [-0.1, -0.05) is 30.3 Å². The smallest absolute Gasteiger partial charge is 0.270 e. The highest BCUT2D eigenvalue weighted by Gasteiger charge is 2.11. The number of aromatic nitrogens is 3. The van der Waals surface area contributed by atoms with Crippen LogP contribution in [0.2, 0.25) is 0 Å². The summed E-state index contributed by atoms with van der Waals surface area (Å²) in [4.78, 5) is 16.7. The summed E-state index contributed by atoms with van der Waals surface area (Å²) in [5.74, 6) is 0.595. The van der Waals surface area contributed by atoms with Crippen LogP contribution in [0.4, 0.5) is 0 Å². The number of nitrogens with one attached hydrogen (secondary N) is 1. The van der Waals surface area contributed by atoms with Gasteiger partial charge in [0, 0.05) is 23.7 Å². The molecule has 0 radical (unpaired) electrons. The third kappa shape index (κ3) is 3.57. The molecule has 26 heavy (non-hydrogen) atoms. The minimum atomic E-state index is -0.179. The van der Waals surface area contributed by atoms with E-state index in [0.717, 1.165) is 21.9 Å². The molecule has 0 aliphatic carbocycles. The Morgan fingerprint density at radius 1 is 1.15 bits per heavy atom. The summed E-state index contributed by atoms with van der Waals surface area (Å²) in [6.45, 7) is 1.04. The molecular weight excluding hydrogens is 348 g/mol. The number of rotatable bonds is 6. The summed E-state index contributed by atoms with van der Waals surface area (Å²) in [5.41, 5.74) is 2.36. The molecule has 4 rings (SSSR count). The number of thiazole rings is 1. The maximum Gasteiger partial charge on any atom is 0.270 e. The predicted molar refractivity (Wildman–Crippen MR) is 99.8 cm³/mol. The molecule has 6 nitrogen and oxygen atoms in total. The molecule has 0 saturated carbocycles. The molecule has 0 unspecified atom stereocenters. The lowest BCUT2D eigenvalue weighted by atomic mass is 10.2. The summed E-state index contributed by atoms with van der Waals surface area (Å²) in [6.07, 6.45) is 5.26. The van der Waals surface area contributed by atoms with Crippen LogP contribution in [0.3, 0.4) is 0 Å². The first-order chi connectivity index (χ1) is 12.8. The summed E-state index contributed by atoms with van der Waals surface area (Å²) in [7, 11) is 0. The molecule has 0 saturated heterocycles. The molecule has 1 aromatic carbocycles. The van der Waals surface area contributed by atoms with Crippen molar-refractivity contribution in [2.45, 2.75) is 6.54 Å². The largest absolute Gasteiger partial charge is 0.464 e. The van der Waals surface area contributed by atoms with Gasteiger partial charge in [0.2, 0.25) is 0 Å². The van der Waals surface area contributed by atoms with Crippen molar-refractivity contribution in [3.05, 3.63) is 72.2 Å². The predicted octanol–water partition coefficient (Wildman–Crippen LogP) is 3.70. The SMILES string of the molecule is O=C(NCCn1cc(-c2ccco2)cn1)c1csc(-c2ccccc2)n1. The summed E-state index contributed by atoms with van der Waals surface area (Å²) in [6, 6.07) is 13.6. The molecule has 0 aliphatic rings. The van der Waals surface area contributed by atoms with E-state index in [-0.39, 0.29) is 5.91 Å². The average molecular weight is 364 g/mol. The Bertz CT molecular complexity index is 990. The van der Waals surface area contributed by atoms with E-state index < -0.39 is 0 Å². The first-order valence-corrected chi connectivity index (χ1v) is 9.03. The van der Waals surface area contributed by atoms with Gasteiger partial charge in [0.1, 0.15) is 16.5 Å². The van der Waals surface area contributed by atoms with Crippen LogP contribution in [0, 0.1) is 0 Å². The Morgan fingerprint density at radius 2 is 2.04 bits per heavy atom. The minimum Gasteiger partial charge on any atom is -0.464 e. The van der Waals surface area contributed by atoms with Crippen LogP contribution < -0.4 is 5.32 Å². The number of carbonyl (C=O) groups is 1. The van der Waals surface area contributed by atoms with Crippen molar-refractivity contribution in [2.75, 3.05) is 6.54 Å². The molecule has 3 heterocycles. The molecule has 3 aromatic heterocycles. The van der Waals surface area contributed by atoms with Crippen LogP contribution in [0.1, 0.15) is 10.5 Å². The maximum atomic E-state index is 12.3. The average Bonchev–Trinajstić information content (AvgIpc) is 3.42. The molecular formula is C19H16N4O2S. The van der Waals surface area contributed by atoms with Crippen LogP contribution in [-0.4, -0.2) is 27.2 Å². The second-order valence-electron chi connectivity index (χ2n) is 5.63. The lowest BCUT2D eigenvalue weighted by Crippen LogP contribution is -2.27. The van der Waals surface area contributed by atoms with E-state index in [1.165, 1.54) is 11.3 Å². The number of hydrogen-bond acceptors (Lipinski definition) is 5. The zero-order valence-corrected chi connectivity index (χ0v) is 14.6. The third-order valence-electron chi connectivity index (χ3n) is 3.82. The summed E-state index contributed by atoms with van der Waals surface area (Å²) >= 11 is 1.46. The molecule has 0 atom stereocenters.